The van der Waals surface area contributed by atoms with E-state index in [0.717, 1.165) is 21.5 Å². The smallest absolute Gasteiger partial charge is 0.169 e. The van der Waals surface area contributed by atoms with Crippen LogP contribution in [0, 0.1) is 0 Å². The van der Waals surface area contributed by atoms with Crippen LogP contribution in [0.2, 0.25) is 0 Å². The topological polar surface area (TPSA) is 95.8 Å². The van der Waals surface area contributed by atoms with E-state index in [1.54, 1.807) is 12.1 Å². The van der Waals surface area contributed by atoms with Crippen molar-refractivity contribution in [3.05, 3.63) is 60.7 Å². The SMILES string of the molecule is Oc1cc2ccccc2c2c1OCCOCCOCCOCCOCCOc1c(O)cc3ccccc3c1-2. The van der Waals surface area contributed by atoms with E-state index in [2.05, 4.69) is 0 Å². The Kier molecular flexibility index (Phi) is 8.78. The lowest BCUT2D eigenvalue weighted by molar-refractivity contribution is -0.00715. The molecule has 0 saturated heterocycles. The van der Waals surface area contributed by atoms with Crippen LogP contribution in [-0.4, -0.2) is 76.3 Å². The zero-order valence-electron chi connectivity index (χ0n) is 21.2. The highest BCUT2D eigenvalue weighted by Crippen LogP contribution is 2.51. The van der Waals surface area contributed by atoms with Crippen molar-refractivity contribution < 1.29 is 38.6 Å². The molecule has 0 aliphatic carbocycles. The molecule has 0 saturated carbocycles. The Hall–Kier alpha value is -3.56. The van der Waals surface area contributed by atoms with Gasteiger partial charge in [0, 0.05) is 11.1 Å². The Balaban J connectivity index is 1.62. The van der Waals surface area contributed by atoms with Crippen LogP contribution in [0.1, 0.15) is 0 Å². The summed E-state index contributed by atoms with van der Waals surface area (Å²) < 4.78 is 34.7. The van der Waals surface area contributed by atoms with Gasteiger partial charge in [0.2, 0.25) is 0 Å². The maximum absolute atomic E-state index is 11.1. The molecule has 0 amide bonds. The van der Waals surface area contributed by atoms with Gasteiger partial charge in [-0.25, -0.2) is 0 Å². The molecule has 38 heavy (non-hydrogen) atoms. The van der Waals surface area contributed by atoms with Crippen LogP contribution in [-0.2, 0) is 18.9 Å². The first-order valence-electron chi connectivity index (χ1n) is 12.8. The molecule has 4 aromatic rings. The number of phenols is 2. The van der Waals surface area contributed by atoms with Crippen LogP contribution in [0.15, 0.2) is 60.7 Å². The number of fused-ring (bicyclic) bond motifs is 7. The first kappa shape index (κ1) is 26.1. The highest BCUT2D eigenvalue weighted by atomic mass is 16.6. The van der Waals surface area contributed by atoms with Crippen LogP contribution in [0.25, 0.3) is 32.7 Å². The Morgan fingerprint density at radius 3 is 1.18 bits per heavy atom. The second-order valence-corrected chi connectivity index (χ2v) is 8.79. The molecule has 1 heterocycles. The molecule has 2 N–H and O–H groups in total. The summed E-state index contributed by atoms with van der Waals surface area (Å²) in [5.74, 6) is 0.579. The molecule has 0 unspecified atom stereocenters. The molecule has 5 rings (SSSR count). The van der Waals surface area contributed by atoms with Crippen LogP contribution in [0.5, 0.6) is 23.0 Å². The van der Waals surface area contributed by atoms with Crippen LogP contribution < -0.4 is 9.47 Å². The summed E-state index contributed by atoms with van der Waals surface area (Å²) in [7, 11) is 0. The van der Waals surface area contributed by atoms with Gasteiger partial charge in [-0.3, -0.25) is 0 Å². The molecule has 0 fully saturated rings. The maximum Gasteiger partial charge on any atom is 0.169 e. The van der Waals surface area contributed by atoms with Gasteiger partial charge in [0.1, 0.15) is 13.2 Å². The molecular formula is C30H32O8. The lowest BCUT2D eigenvalue weighted by Crippen LogP contribution is -2.15. The third kappa shape index (κ3) is 5.95. The second-order valence-electron chi connectivity index (χ2n) is 8.79. The number of rotatable bonds is 0. The summed E-state index contributed by atoms with van der Waals surface area (Å²) in [6, 6.07) is 18.8. The zero-order chi connectivity index (χ0) is 26.2. The van der Waals surface area contributed by atoms with E-state index in [0.29, 0.717) is 75.5 Å². The standard InChI is InChI=1S/C30H32O8/c31-25-19-21-5-1-3-7-23(21)27-28-24-8-4-2-6-22(24)20-26(32)30(28)38-18-16-36-14-12-34-10-9-33-11-13-35-15-17-37-29(25)27/h1-8,19-20,31-32H,9-18H2. The average molecular weight is 521 g/mol. The van der Waals surface area contributed by atoms with Gasteiger partial charge in [-0.2, -0.15) is 0 Å². The van der Waals surface area contributed by atoms with Gasteiger partial charge in [-0.15, -0.1) is 0 Å². The van der Waals surface area contributed by atoms with Crippen molar-refractivity contribution in [3.8, 4) is 34.1 Å². The Labute approximate surface area is 221 Å². The lowest BCUT2D eigenvalue weighted by atomic mass is 9.91. The number of hydrogen-bond acceptors (Lipinski definition) is 8. The van der Waals surface area contributed by atoms with Crippen molar-refractivity contribution in [1.29, 1.82) is 0 Å². The van der Waals surface area contributed by atoms with Gasteiger partial charge < -0.3 is 38.6 Å². The van der Waals surface area contributed by atoms with Crippen molar-refractivity contribution in [1.82, 2.24) is 0 Å². The third-order valence-electron chi connectivity index (χ3n) is 6.28. The fourth-order valence-electron chi connectivity index (χ4n) is 4.58. The van der Waals surface area contributed by atoms with E-state index in [1.807, 2.05) is 48.5 Å². The molecule has 8 nitrogen and oxygen atoms in total. The normalized spacial score (nSPS) is 16.6. The molecule has 0 spiro atoms. The molecule has 1 aliphatic rings. The summed E-state index contributed by atoms with van der Waals surface area (Å²) in [5, 5.41) is 25.6. The number of phenolic OH excluding ortho intramolecular Hbond substituents is 2. The minimum Gasteiger partial charge on any atom is -0.504 e. The van der Waals surface area contributed by atoms with Crippen molar-refractivity contribution in [2.24, 2.45) is 0 Å². The van der Waals surface area contributed by atoms with Crippen molar-refractivity contribution in [2.45, 2.75) is 0 Å². The van der Waals surface area contributed by atoms with Gasteiger partial charge in [0.15, 0.2) is 23.0 Å². The third-order valence-corrected chi connectivity index (χ3v) is 6.28. The summed E-state index contributed by atoms with van der Waals surface area (Å²) in [6.07, 6.45) is 0. The monoisotopic (exact) mass is 520 g/mol. The van der Waals surface area contributed by atoms with E-state index in [9.17, 15) is 10.2 Å². The lowest BCUT2D eigenvalue weighted by Gasteiger charge is -2.21. The quantitative estimate of drug-likeness (QED) is 0.338. The average Bonchev–Trinajstić information content (AvgIpc) is 2.92. The van der Waals surface area contributed by atoms with Crippen molar-refractivity contribution in [3.63, 3.8) is 0 Å². The van der Waals surface area contributed by atoms with Gasteiger partial charge in [-0.1, -0.05) is 48.5 Å². The Morgan fingerprint density at radius 2 is 0.789 bits per heavy atom. The van der Waals surface area contributed by atoms with Gasteiger partial charge >= 0.3 is 0 Å². The van der Waals surface area contributed by atoms with Gasteiger partial charge in [0.25, 0.3) is 0 Å². The number of aromatic hydroxyl groups is 2. The van der Waals surface area contributed by atoms with E-state index in [4.69, 9.17) is 28.4 Å². The highest BCUT2D eigenvalue weighted by Gasteiger charge is 2.24. The minimum atomic E-state index is -0.00844. The molecule has 0 bridgehead atoms. The molecule has 200 valence electrons. The number of ether oxygens (including phenoxy) is 6. The maximum atomic E-state index is 11.1. The van der Waals surface area contributed by atoms with Crippen LogP contribution >= 0.6 is 0 Å². The number of benzene rings is 4. The summed E-state index contributed by atoms with van der Waals surface area (Å²) >= 11 is 0. The summed E-state index contributed by atoms with van der Waals surface area (Å²) in [4.78, 5) is 0. The molecular weight excluding hydrogens is 488 g/mol. The predicted octanol–water partition coefficient (Wildman–Crippen LogP) is 4.91. The molecule has 0 radical (unpaired) electrons. The van der Waals surface area contributed by atoms with E-state index in [-0.39, 0.29) is 24.7 Å². The fourth-order valence-corrected chi connectivity index (χ4v) is 4.58. The molecule has 0 atom stereocenters. The zero-order valence-corrected chi connectivity index (χ0v) is 21.2. The predicted molar refractivity (Wildman–Crippen MR) is 144 cm³/mol. The Morgan fingerprint density at radius 1 is 0.447 bits per heavy atom. The van der Waals surface area contributed by atoms with Crippen molar-refractivity contribution in [2.75, 3.05) is 66.1 Å². The highest BCUT2D eigenvalue weighted by molar-refractivity contribution is 6.11. The van der Waals surface area contributed by atoms with Crippen LogP contribution in [0.3, 0.4) is 0 Å². The number of hydrogen-bond donors (Lipinski definition) is 2. The van der Waals surface area contributed by atoms with E-state index >= 15 is 0 Å². The molecule has 1 aliphatic heterocycles. The van der Waals surface area contributed by atoms with Crippen molar-refractivity contribution >= 4 is 21.5 Å². The largest absolute Gasteiger partial charge is 0.504 e. The van der Waals surface area contributed by atoms with E-state index < -0.39 is 0 Å². The molecule has 4 aromatic carbocycles. The van der Waals surface area contributed by atoms with E-state index in [1.165, 1.54) is 0 Å². The molecule has 0 aromatic heterocycles. The Bertz CT molecular complexity index is 1260. The van der Waals surface area contributed by atoms with Gasteiger partial charge in [-0.05, 0) is 33.7 Å². The van der Waals surface area contributed by atoms with Gasteiger partial charge in [0.05, 0.1) is 52.9 Å². The summed E-state index contributed by atoms with van der Waals surface area (Å²) in [6.45, 7) is 3.72. The molecule has 8 heteroatoms. The minimum absolute atomic E-state index is 0.00844. The fraction of sp³-hybridized carbons (Fsp3) is 0.333. The second kappa shape index (κ2) is 12.8. The summed E-state index contributed by atoms with van der Waals surface area (Å²) in [5.41, 5.74) is 1.27. The first-order valence-corrected chi connectivity index (χ1v) is 12.8. The van der Waals surface area contributed by atoms with Crippen LogP contribution in [0.4, 0.5) is 0 Å². The first-order chi connectivity index (χ1) is 18.7.